The number of ether oxygens (including phenoxy) is 1. The van der Waals surface area contributed by atoms with Gasteiger partial charge in [0.2, 0.25) is 0 Å². The third-order valence-electron chi connectivity index (χ3n) is 2.57. The third kappa shape index (κ3) is 1.61. The van der Waals surface area contributed by atoms with E-state index in [0.717, 1.165) is 0 Å². The lowest BCUT2D eigenvalue weighted by atomic mass is 9.82. The van der Waals surface area contributed by atoms with Crippen LogP contribution in [0, 0.1) is 5.92 Å². The van der Waals surface area contributed by atoms with E-state index in [-0.39, 0.29) is 12.0 Å². The summed E-state index contributed by atoms with van der Waals surface area (Å²) in [5, 5.41) is 28.1. The molecular weight excluding hydrogens is 160 g/mol. The molecule has 0 unspecified atom stereocenters. The van der Waals surface area contributed by atoms with Crippen molar-refractivity contribution in [1.82, 2.24) is 0 Å². The fraction of sp³-hybridized carbons (Fsp3) is 1.00. The molecule has 0 spiro atoms. The molecule has 1 saturated carbocycles. The molecule has 0 bridgehead atoms. The van der Waals surface area contributed by atoms with Gasteiger partial charge in [0, 0.05) is 7.11 Å². The Labute approximate surface area is 71.8 Å². The van der Waals surface area contributed by atoms with Gasteiger partial charge in [-0.2, -0.15) is 0 Å². The van der Waals surface area contributed by atoms with Crippen LogP contribution in [0.5, 0.6) is 0 Å². The summed E-state index contributed by atoms with van der Waals surface area (Å²) in [6.45, 7) is 1.83. The zero-order valence-corrected chi connectivity index (χ0v) is 7.34. The van der Waals surface area contributed by atoms with E-state index in [9.17, 15) is 15.3 Å². The van der Waals surface area contributed by atoms with Gasteiger partial charge in [-0.25, -0.2) is 0 Å². The van der Waals surface area contributed by atoms with Gasteiger partial charge in [0.25, 0.3) is 0 Å². The highest BCUT2D eigenvalue weighted by Crippen LogP contribution is 2.26. The second-order valence-corrected chi connectivity index (χ2v) is 3.46. The predicted octanol–water partition coefficient (Wildman–Crippen LogP) is -0.876. The van der Waals surface area contributed by atoms with Crippen molar-refractivity contribution in [2.24, 2.45) is 5.92 Å². The van der Waals surface area contributed by atoms with Gasteiger partial charge in [0.1, 0.15) is 12.2 Å². The molecule has 1 aliphatic carbocycles. The Hall–Kier alpha value is -0.160. The van der Waals surface area contributed by atoms with Gasteiger partial charge in [-0.05, 0) is 12.3 Å². The highest BCUT2D eigenvalue weighted by atomic mass is 16.5. The zero-order valence-electron chi connectivity index (χ0n) is 7.34. The summed E-state index contributed by atoms with van der Waals surface area (Å²) in [6.07, 6.45) is -2.68. The molecule has 0 saturated heterocycles. The molecule has 4 nitrogen and oxygen atoms in total. The standard InChI is InChI=1S/C8H16O4/c1-4-3-5(12-2)7(10)8(11)6(4)9/h4-11H,3H2,1-2H3/t4-,5-,6+,7-,8-/m0/s1. The third-order valence-corrected chi connectivity index (χ3v) is 2.57. The molecule has 0 heterocycles. The molecule has 0 radical (unpaired) electrons. The summed E-state index contributed by atoms with van der Waals surface area (Å²) < 4.78 is 4.97. The van der Waals surface area contributed by atoms with Crippen molar-refractivity contribution in [3.63, 3.8) is 0 Å². The summed E-state index contributed by atoms with van der Waals surface area (Å²) in [6, 6.07) is 0. The van der Waals surface area contributed by atoms with Gasteiger partial charge in [-0.3, -0.25) is 0 Å². The van der Waals surface area contributed by atoms with Crippen LogP contribution in [-0.4, -0.2) is 46.8 Å². The van der Waals surface area contributed by atoms with E-state index >= 15 is 0 Å². The molecule has 1 rings (SSSR count). The molecule has 12 heavy (non-hydrogen) atoms. The maximum Gasteiger partial charge on any atom is 0.109 e. The molecule has 72 valence electrons. The van der Waals surface area contributed by atoms with Crippen LogP contribution in [0.25, 0.3) is 0 Å². The van der Waals surface area contributed by atoms with E-state index in [1.54, 1.807) is 0 Å². The van der Waals surface area contributed by atoms with Crippen LogP contribution >= 0.6 is 0 Å². The van der Waals surface area contributed by atoms with Crippen molar-refractivity contribution < 1.29 is 20.1 Å². The maximum atomic E-state index is 9.39. The number of hydrogen-bond donors (Lipinski definition) is 3. The fourth-order valence-corrected chi connectivity index (χ4v) is 1.64. The topological polar surface area (TPSA) is 69.9 Å². The van der Waals surface area contributed by atoms with Crippen molar-refractivity contribution in [1.29, 1.82) is 0 Å². The normalized spacial score (nSPS) is 49.2. The van der Waals surface area contributed by atoms with Gasteiger partial charge >= 0.3 is 0 Å². The molecular formula is C8H16O4. The Balaban J connectivity index is 2.63. The fourth-order valence-electron chi connectivity index (χ4n) is 1.64. The lowest BCUT2D eigenvalue weighted by Gasteiger charge is -2.38. The average Bonchev–Trinajstić information content (AvgIpc) is 2.08. The van der Waals surface area contributed by atoms with Crippen LogP contribution in [0.1, 0.15) is 13.3 Å². The molecule has 0 aromatic rings. The smallest absolute Gasteiger partial charge is 0.109 e. The number of aliphatic hydroxyl groups excluding tert-OH is 3. The Bertz CT molecular complexity index is 145. The minimum absolute atomic E-state index is 0.0339. The number of rotatable bonds is 1. The molecule has 0 amide bonds. The minimum atomic E-state index is -1.08. The number of methoxy groups -OCH3 is 1. The Morgan fingerprint density at radius 2 is 1.67 bits per heavy atom. The van der Waals surface area contributed by atoms with Gasteiger partial charge in [-0.15, -0.1) is 0 Å². The minimum Gasteiger partial charge on any atom is -0.390 e. The lowest BCUT2D eigenvalue weighted by Crippen LogP contribution is -2.53. The van der Waals surface area contributed by atoms with E-state index in [0.29, 0.717) is 6.42 Å². The van der Waals surface area contributed by atoms with E-state index < -0.39 is 18.3 Å². The first kappa shape index (κ1) is 9.92. The number of hydrogen-bond acceptors (Lipinski definition) is 4. The zero-order chi connectivity index (χ0) is 9.30. The summed E-state index contributed by atoms with van der Waals surface area (Å²) in [5.74, 6) is -0.0339. The summed E-state index contributed by atoms with van der Waals surface area (Å²) in [7, 11) is 1.49. The Morgan fingerprint density at radius 1 is 1.08 bits per heavy atom. The summed E-state index contributed by atoms with van der Waals surface area (Å²) in [4.78, 5) is 0. The molecule has 0 aromatic carbocycles. The van der Waals surface area contributed by atoms with Crippen molar-refractivity contribution in [2.45, 2.75) is 37.8 Å². The first-order valence-corrected chi connectivity index (χ1v) is 4.15. The second kappa shape index (κ2) is 3.70. The molecule has 0 aromatic heterocycles. The summed E-state index contributed by atoms with van der Waals surface area (Å²) >= 11 is 0. The number of aliphatic hydroxyl groups is 3. The van der Waals surface area contributed by atoms with Gasteiger partial charge in [-0.1, -0.05) is 6.92 Å². The average molecular weight is 176 g/mol. The Morgan fingerprint density at radius 3 is 2.17 bits per heavy atom. The van der Waals surface area contributed by atoms with Crippen LogP contribution in [0.4, 0.5) is 0 Å². The van der Waals surface area contributed by atoms with Gasteiger partial charge in [0.15, 0.2) is 0 Å². The first-order chi connectivity index (χ1) is 5.57. The van der Waals surface area contributed by atoms with Crippen molar-refractivity contribution in [2.75, 3.05) is 7.11 Å². The van der Waals surface area contributed by atoms with Crippen LogP contribution < -0.4 is 0 Å². The van der Waals surface area contributed by atoms with Crippen molar-refractivity contribution in [3.05, 3.63) is 0 Å². The quantitative estimate of drug-likeness (QED) is 0.485. The first-order valence-electron chi connectivity index (χ1n) is 4.15. The Kier molecular flexibility index (Phi) is 3.06. The maximum absolute atomic E-state index is 9.39. The van der Waals surface area contributed by atoms with E-state index in [1.165, 1.54) is 7.11 Å². The summed E-state index contributed by atoms with van der Waals surface area (Å²) in [5.41, 5.74) is 0. The molecule has 5 atom stereocenters. The lowest BCUT2D eigenvalue weighted by molar-refractivity contribution is -0.162. The molecule has 3 N–H and O–H groups in total. The highest BCUT2D eigenvalue weighted by molar-refractivity contribution is 4.91. The van der Waals surface area contributed by atoms with E-state index in [4.69, 9.17) is 4.74 Å². The van der Waals surface area contributed by atoms with Gasteiger partial charge < -0.3 is 20.1 Å². The van der Waals surface area contributed by atoms with Gasteiger partial charge in [0.05, 0.1) is 12.2 Å². The predicted molar refractivity (Wildman–Crippen MR) is 42.6 cm³/mol. The molecule has 1 aliphatic rings. The van der Waals surface area contributed by atoms with Crippen molar-refractivity contribution >= 4 is 0 Å². The van der Waals surface area contributed by atoms with Crippen LogP contribution in [-0.2, 0) is 4.74 Å². The molecule has 1 fully saturated rings. The molecule has 0 aliphatic heterocycles. The van der Waals surface area contributed by atoms with Crippen LogP contribution in [0.2, 0.25) is 0 Å². The van der Waals surface area contributed by atoms with Crippen LogP contribution in [0.15, 0.2) is 0 Å². The largest absolute Gasteiger partial charge is 0.390 e. The van der Waals surface area contributed by atoms with E-state index in [2.05, 4.69) is 0 Å². The van der Waals surface area contributed by atoms with Crippen molar-refractivity contribution in [3.8, 4) is 0 Å². The second-order valence-electron chi connectivity index (χ2n) is 3.46. The highest BCUT2D eigenvalue weighted by Gasteiger charge is 2.40. The SMILES string of the molecule is CO[C@H]1C[C@H](C)[C@@H](O)[C@H](O)[C@H]1O. The monoisotopic (exact) mass is 176 g/mol. The molecule has 4 heteroatoms. The van der Waals surface area contributed by atoms with Crippen LogP contribution in [0.3, 0.4) is 0 Å². The van der Waals surface area contributed by atoms with E-state index in [1.807, 2.05) is 6.92 Å².